The number of nitrogens with one attached hydrogen (secondary N) is 2. The lowest BCUT2D eigenvalue weighted by atomic mass is 10.1. The SMILES string of the molecule is C=NC1=C(NC)CCNC1c1nc2ccccc2s1. The van der Waals surface area contributed by atoms with E-state index in [1.165, 1.54) is 4.70 Å². The van der Waals surface area contributed by atoms with E-state index in [9.17, 15) is 0 Å². The standard InChI is InChI=1S/C14H16N4S/c1-15-10-7-8-17-13(12(10)16-2)14-18-9-5-3-4-6-11(9)19-14/h3-6,13,15,17H,2,7-8H2,1H3. The molecule has 1 atom stereocenters. The number of thiazole rings is 1. The van der Waals surface area contributed by atoms with Crippen LogP contribution in [0.2, 0.25) is 0 Å². The van der Waals surface area contributed by atoms with Crippen molar-refractivity contribution >= 4 is 28.3 Å². The molecule has 0 saturated heterocycles. The lowest BCUT2D eigenvalue weighted by Gasteiger charge is -2.25. The number of aromatic nitrogens is 1. The van der Waals surface area contributed by atoms with E-state index in [1.807, 2.05) is 25.2 Å². The second-order valence-corrected chi connectivity index (χ2v) is 5.49. The van der Waals surface area contributed by atoms with Crippen molar-refractivity contribution in [2.24, 2.45) is 4.99 Å². The van der Waals surface area contributed by atoms with E-state index in [0.29, 0.717) is 0 Å². The van der Waals surface area contributed by atoms with Crippen LogP contribution in [0.25, 0.3) is 10.2 Å². The van der Waals surface area contributed by atoms with Gasteiger partial charge in [0.15, 0.2) is 0 Å². The first kappa shape index (κ1) is 12.3. The first-order valence-corrected chi connectivity index (χ1v) is 7.11. The Morgan fingerprint density at radius 2 is 2.32 bits per heavy atom. The Labute approximate surface area is 116 Å². The van der Waals surface area contributed by atoms with Gasteiger partial charge in [0.1, 0.15) is 11.0 Å². The molecule has 0 bridgehead atoms. The number of hydrogen-bond donors (Lipinski definition) is 2. The summed E-state index contributed by atoms with van der Waals surface area (Å²) in [7, 11) is 1.93. The largest absolute Gasteiger partial charge is 0.390 e. The molecule has 0 aliphatic carbocycles. The predicted molar refractivity (Wildman–Crippen MR) is 80.6 cm³/mol. The van der Waals surface area contributed by atoms with Crippen LogP contribution >= 0.6 is 11.3 Å². The van der Waals surface area contributed by atoms with Crippen LogP contribution in [0.1, 0.15) is 17.5 Å². The number of para-hydroxylation sites is 1. The van der Waals surface area contributed by atoms with E-state index in [-0.39, 0.29) is 6.04 Å². The van der Waals surface area contributed by atoms with E-state index < -0.39 is 0 Å². The normalized spacial score (nSPS) is 19.7. The molecule has 1 unspecified atom stereocenters. The van der Waals surface area contributed by atoms with Gasteiger partial charge in [0.05, 0.1) is 15.9 Å². The van der Waals surface area contributed by atoms with Crippen molar-refractivity contribution in [2.45, 2.75) is 12.5 Å². The van der Waals surface area contributed by atoms with Crippen molar-refractivity contribution in [2.75, 3.05) is 13.6 Å². The van der Waals surface area contributed by atoms with Gasteiger partial charge in [0.2, 0.25) is 0 Å². The summed E-state index contributed by atoms with van der Waals surface area (Å²) in [6.07, 6.45) is 0.951. The van der Waals surface area contributed by atoms with Gasteiger partial charge in [-0.3, -0.25) is 4.99 Å². The molecule has 3 rings (SSSR count). The van der Waals surface area contributed by atoms with Crippen molar-refractivity contribution in [3.05, 3.63) is 40.7 Å². The van der Waals surface area contributed by atoms with Crippen molar-refractivity contribution in [3.8, 4) is 0 Å². The molecule has 1 aliphatic rings. The summed E-state index contributed by atoms with van der Waals surface area (Å²) >= 11 is 1.71. The second kappa shape index (κ2) is 5.11. The minimum atomic E-state index is 0.0473. The topological polar surface area (TPSA) is 49.3 Å². The summed E-state index contributed by atoms with van der Waals surface area (Å²) in [6, 6.07) is 8.25. The van der Waals surface area contributed by atoms with E-state index in [4.69, 9.17) is 4.98 Å². The molecular formula is C14H16N4S. The number of nitrogens with zero attached hydrogens (tertiary/aromatic N) is 2. The third kappa shape index (κ3) is 2.15. The molecule has 1 aromatic heterocycles. The molecule has 0 amide bonds. The number of fused-ring (bicyclic) bond motifs is 1. The summed E-state index contributed by atoms with van der Waals surface area (Å²) in [5.41, 5.74) is 3.16. The van der Waals surface area contributed by atoms with E-state index in [1.54, 1.807) is 11.3 Å². The molecular weight excluding hydrogens is 256 g/mol. The molecule has 19 heavy (non-hydrogen) atoms. The Hall–Kier alpha value is -1.72. The highest BCUT2D eigenvalue weighted by Gasteiger charge is 2.25. The molecule has 0 spiro atoms. The maximum Gasteiger partial charge on any atom is 0.117 e. The molecule has 2 aromatic rings. The second-order valence-electron chi connectivity index (χ2n) is 4.43. The van der Waals surface area contributed by atoms with Gasteiger partial charge in [-0.1, -0.05) is 12.1 Å². The number of aliphatic imine (C=N–C) groups is 1. The van der Waals surface area contributed by atoms with Crippen LogP contribution in [0, 0.1) is 0 Å². The van der Waals surface area contributed by atoms with Gasteiger partial charge in [-0.25, -0.2) is 4.98 Å². The Balaban J connectivity index is 2.07. The molecule has 2 N–H and O–H groups in total. The molecule has 0 radical (unpaired) electrons. The Bertz CT molecular complexity index is 611. The van der Waals surface area contributed by atoms with E-state index >= 15 is 0 Å². The highest BCUT2D eigenvalue weighted by atomic mass is 32.1. The molecule has 5 heteroatoms. The van der Waals surface area contributed by atoms with Gasteiger partial charge in [0.25, 0.3) is 0 Å². The number of hydrogen-bond acceptors (Lipinski definition) is 5. The van der Waals surface area contributed by atoms with E-state index in [2.05, 4.69) is 28.4 Å². The van der Waals surface area contributed by atoms with Crippen LogP contribution in [0.3, 0.4) is 0 Å². The summed E-state index contributed by atoms with van der Waals surface area (Å²) in [5, 5.41) is 7.75. The Morgan fingerprint density at radius 3 is 3.05 bits per heavy atom. The maximum atomic E-state index is 4.71. The zero-order chi connectivity index (χ0) is 13.2. The van der Waals surface area contributed by atoms with E-state index in [0.717, 1.165) is 34.9 Å². The molecule has 98 valence electrons. The fourth-order valence-corrected chi connectivity index (χ4v) is 3.45. The van der Waals surface area contributed by atoms with Gasteiger partial charge >= 0.3 is 0 Å². The molecule has 1 aromatic carbocycles. The Kier molecular flexibility index (Phi) is 3.31. The zero-order valence-corrected chi connectivity index (χ0v) is 11.6. The maximum absolute atomic E-state index is 4.71. The minimum Gasteiger partial charge on any atom is -0.390 e. The first-order valence-electron chi connectivity index (χ1n) is 6.30. The van der Waals surface area contributed by atoms with Crippen molar-refractivity contribution in [1.82, 2.24) is 15.6 Å². The fraction of sp³-hybridized carbons (Fsp3) is 0.286. The number of rotatable bonds is 3. The summed E-state index contributed by atoms with van der Waals surface area (Å²) < 4.78 is 1.21. The van der Waals surface area contributed by atoms with Gasteiger partial charge in [-0.15, -0.1) is 11.3 Å². The third-order valence-corrected chi connectivity index (χ3v) is 4.44. The van der Waals surface area contributed by atoms with Crippen molar-refractivity contribution in [3.63, 3.8) is 0 Å². The van der Waals surface area contributed by atoms with Crippen LogP contribution in [-0.2, 0) is 0 Å². The summed E-state index contributed by atoms with van der Waals surface area (Å²) in [5.74, 6) is 0. The predicted octanol–water partition coefficient (Wildman–Crippen LogP) is 2.46. The molecule has 1 aliphatic heterocycles. The van der Waals surface area contributed by atoms with Gasteiger partial charge in [-0.2, -0.15) is 0 Å². The lowest BCUT2D eigenvalue weighted by molar-refractivity contribution is 0.534. The first-order chi connectivity index (χ1) is 9.33. The quantitative estimate of drug-likeness (QED) is 0.844. The zero-order valence-electron chi connectivity index (χ0n) is 10.8. The average molecular weight is 272 g/mol. The number of benzene rings is 1. The van der Waals surface area contributed by atoms with Crippen molar-refractivity contribution < 1.29 is 0 Å². The lowest BCUT2D eigenvalue weighted by Crippen LogP contribution is -2.32. The highest BCUT2D eigenvalue weighted by molar-refractivity contribution is 7.18. The van der Waals surface area contributed by atoms with Crippen LogP contribution in [0.15, 0.2) is 40.7 Å². The summed E-state index contributed by atoms with van der Waals surface area (Å²) in [4.78, 5) is 8.91. The van der Waals surface area contributed by atoms with Gasteiger partial charge < -0.3 is 10.6 Å². The molecule has 0 fully saturated rings. The van der Waals surface area contributed by atoms with Crippen LogP contribution in [0.5, 0.6) is 0 Å². The minimum absolute atomic E-state index is 0.0473. The highest BCUT2D eigenvalue weighted by Crippen LogP contribution is 2.33. The molecule has 0 saturated carbocycles. The van der Waals surface area contributed by atoms with Gasteiger partial charge in [-0.05, 0) is 18.9 Å². The molecule has 4 nitrogen and oxygen atoms in total. The Morgan fingerprint density at radius 1 is 1.47 bits per heavy atom. The smallest absolute Gasteiger partial charge is 0.117 e. The fourth-order valence-electron chi connectivity index (χ4n) is 2.40. The van der Waals surface area contributed by atoms with Gasteiger partial charge in [0, 0.05) is 25.7 Å². The summed E-state index contributed by atoms with van der Waals surface area (Å²) in [6.45, 7) is 4.63. The van der Waals surface area contributed by atoms with Crippen LogP contribution in [-0.4, -0.2) is 25.3 Å². The third-order valence-electron chi connectivity index (χ3n) is 3.34. The monoisotopic (exact) mass is 272 g/mol. The molecule has 2 heterocycles. The van der Waals surface area contributed by atoms with Crippen LogP contribution in [0.4, 0.5) is 0 Å². The average Bonchev–Trinajstić information content (AvgIpc) is 2.89. The van der Waals surface area contributed by atoms with Crippen molar-refractivity contribution in [1.29, 1.82) is 0 Å². The van der Waals surface area contributed by atoms with Crippen LogP contribution < -0.4 is 10.6 Å².